The van der Waals surface area contributed by atoms with E-state index in [0.717, 1.165) is 11.1 Å². The second-order valence-electron chi connectivity index (χ2n) is 6.50. The molecule has 0 aromatic heterocycles. The third kappa shape index (κ3) is 8.42. The molecule has 166 valence electrons. The first-order valence-corrected chi connectivity index (χ1v) is 10.8. The summed E-state index contributed by atoms with van der Waals surface area (Å²) >= 11 is 0. The zero-order chi connectivity index (χ0) is 21.4. The quantitative estimate of drug-likeness (QED) is 0.297. The summed E-state index contributed by atoms with van der Waals surface area (Å²) in [4.78, 5) is 4.46. The molecule has 0 aliphatic heterocycles. The van der Waals surface area contributed by atoms with E-state index in [-0.39, 0.29) is 24.0 Å². The Kier molecular flexibility index (Phi) is 10.5. The summed E-state index contributed by atoms with van der Waals surface area (Å²) in [6.45, 7) is 2.01. The second-order valence-corrected chi connectivity index (χ2v) is 8.48. The third-order valence-corrected chi connectivity index (χ3v) is 5.31. The van der Waals surface area contributed by atoms with Crippen molar-refractivity contribution in [2.24, 2.45) is 4.99 Å². The van der Waals surface area contributed by atoms with Gasteiger partial charge in [-0.3, -0.25) is 4.99 Å². The lowest BCUT2D eigenvalue weighted by Gasteiger charge is -2.14. The van der Waals surface area contributed by atoms with Crippen molar-refractivity contribution >= 4 is 39.8 Å². The molecule has 0 saturated heterocycles. The maximum atomic E-state index is 12.3. The fourth-order valence-corrected chi connectivity index (χ4v) is 3.69. The number of hydrogen-bond acceptors (Lipinski definition) is 4. The van der Waals surface area contributed by atoms with Gasteiger partial charge in [0.2, 0.25) is 0 Å². The molecule has 0 atom stereocenters. The fraction of sp³-hybridized carbons (Fsp3) is 0.350. The van der Waals surface area contributed by atoms with Crippen molar-refractivity contribution in [1.82, 2.24) is 10.6 Å². The van der Waals surface area contributed by atoms with E-state index < -0.39 is 22.9 Å². The molecule has 10 heteroatoms. The smallest absolute Gasteiger partial charge is 0.272 e. The fourth-order valence-electron chi connectivity index (χ4n) is 2.73. The molecule has 0 unspecified atom stereocenters. The van der Waals surface area contributed by atoms with Crippen LogP contribution in [-0.4, -0.2) is 40.7 Å². The van der Waals surface area contributed by atoms with Gasteiger partial charge in [0.25, 0.3) is 6.43 Å². The molecule has 0 amide bonds. The normalized spacial score (nSPS) is 11.7. The SMILES string of the molecule is CN=C(NCc1cccc(OCC(F)F)c1)NCc1ccc(S(C)(=O)=O)c(C)c1.I. The van der Waals surface area contributed by atoms with Gasteiger partial charge in [-0.05, 0) is 41.8 Å². The van der Waals surface area contributed by atoms with Crippen molar-refractivity contribution < 1.29 is 21.9 Å². The van der Waals surface area contributed by atoms with E-state index in [2.05, 4.69) is 15.6 Å². The van der Waals surface area contributed by atoms with E-state index in [9.17, 15) is 17.2 Å². The molecule has 0 fully saturated rings. The van der Waals surface area contributed by atoms with E-state index in [4.69, 9.17) is 4.74 Å². The summed E-state index contributed by atoms with van der Waals surface area (Å²) in [5.74, 6) is 0.933. The van der Waals surface area contributed by atoms with Crippen molar-refractivity contribution in [3.05, 3.63) is 59.2 Å². The minimum Gasteiger partial charge on any atom is -0.488 e. The summed E-state index contributed by atoms with van der Waals surface area (Å²) in [5.41, 5.74) is 2.46. The van der Waals surface area contributed by atoms with Gasteiger partial charge >= 0.3 is 0 Å². The lowest BCUT2D eigenvalue weighted by molar-refractivity contribution is 0.0818. The number of aliphatic imine (C=N–C) groups is 1. The van der Waals surface area contributed by atoms with Gasteiger partial charge in [-0.15, -0.1) is 24.0 Å². The van der Waals surface area contributed by atoms with Gasteiger partial charge < -0.3 is 15.4 Å². The first-order chi connectivity index (χ1) is 13.7. The average molecular weight is 553 g/mol. The van der Waals surface area contributed by atoms with Crippen LogP contribution in [-0.2, 0) is 22.9 Å². The molecule has 2 aromatic carbocycles. The Labute approximate surface area is 193 Å². The number of guanidine groups is 1. The maximum absolute atomic E-state index is 12.3. The number of nitrogens with zero attached hydrogens (tertiary/aromatic N) is 1. The highest BCUT2D eigenvalue weighted by Crippen LogP contribution is 2.17. The van der Waals surface area contributed by atoms with Crippen molar-refractivity contribution in [2.75, 3.05) is 19.9 Å². The molecule has 0 spiro atoms. The number of sulfone groups is 1. The predicted molar refractivity (Wildman–Crippen MR) is 125 cm³/mol. The molecule has 0 aliphatic rings. The molecular weight excluding hydrogens is 527 g/mol. The van der Waals surface area contributed by atoms with Crippen molar-refractivity contribution in [1.29, 1.82) is 0 Å². The molecule has 2 rings (SSSR count). The Morgan fingerprint density at radius 3 is 2.27 bits per heavy atom. The van der Waals surface area contributed by atoms with Crippen LogP contribution in [0, 0.1) is 6.92 Å². The molecule has 2 N–H and O–H groups in total. The average Bonchev–Trinajstić information content (AvgIpc) is 2.66. The summed E-state index contributed by atoms with van der Waals surface area (Å²) in [7, 11) is -1.61. The molecule has 6 nitrogen and oxygen atoms in total. The number of hydrogen-bond donors (Lipinski definition) is 2. The van der Waals surface area contributed by atoms with Crippen LogP contribution >= 0.6 is 24.0 Å². The van der Waals surface area contributed by atoms with Gasteiger partial charge in [-0.2, -0.15) is 0 Å². The monoisotopic (exact) mass is 553 g/mol. The Morgan fingerprint density at radius 2 is 1.73 bits per heavy atom. The first kappa shape index (κ1) is 26.1. The van der Waals surface area contributed by atoms with Gasteiger partial charge in [-0.1, -0.05) is 24.3 Å². The van der Waals surface area contributed by atoms with Crippen LogP contribution in [0.2, 0.25) is 0 Å². The van der Waals surface area contributed by atoms with E-state index in [1.807, 2.05) is 12.1 Å². The summed E-state index contributed by atoms with van der Waals surface area (Å²) in [6.07, 6.45) is -1.33. The molecular formula is C20H26F2IN3O3S. The summed E-state index contributed by atoms with van der Waals surface area (Å²) < 4.78 is 53.0. The Morgan fingerprint density at radius 1 is 1.10 bits per heavy atom. The highest BCUT2D eigenvalue weighted by molar-refractivity contribution is 14.0. The largest absolute Gasteiger partial charge is 0.488 e. The van der Waals surface area contributed by atoms with E-state index >= 15 is 0 Å². The van der Waals surface area contributed by atoms with Crippen LogP contribution in [0.3, 0.4) is 0 Å². The van der Waals surface area contributed by atoms with Crippen LogP contribution in [0.4, 0.5) is 8.78 Å². The van der Waals surface area contributed by atoms with E-state index in [0.29, 0.717) is 35.3 Å². The lowest BCUT2D eigenvalue weighted by Crippen LogP contribution is -2.36. The number of rotatable bonds is 8. The number of nitrogens with one attached hydrogen (secondary N) is 2. The molecule has 0 bridgehead atoms. The predicted octanol–water partition coefficient (Wildman–Crippen LogP) is 3.53. The van der Waals surface area contributed by atoms with Crippen LogP contribution in [0.1, 0.15) is 16.7 Å². The number of aryl methyl sites for hydroxylation is 1. The number of benzene rings is 2. The summed E-state index contributed by atoms with van der Waals surface area (Å²) in [5, 5.41) is 6.29. The lowest BCUT2D eigenvalue weighted by atomic mass is 10.1. The molecule has 0 saturated carbocycles. The van der Waals surface area contributed by atoms with Gasteiger partial charge in [0, 0.05) is 26.4 Å². The number of halogens is 3. The van der Waals surface area contributed by atoms with Crippen molar-refractivity contribution in [2.45, 2.75) is 31.3 Å². The molecule has 2 aromatic rings. The Hall–Kier alpha value is -1.95. The van der Waals surface area contributed by atoms with Crippen LogP contribution in [0.5, 0.6) is 5.75 Å². The first-order valence-electron chi connectivity index (χ1n) is 8.93. The van der Waals surface area contributed by atoms with Crippen molar-refractivity contribution in [3.8, 4) is 5.75 Å². The molecule has 0 heterocycles. The van der Waals surface area contributed by atoms with Gasteiger partial charge in [0.1, 0.15) is 12.4 Å². The van der Waals surface area contributed by atoms with Gasteiger partial charge in [-0.25, -0.2) is 17.2 Å². The molecule has 30 heavy (non-hydrogen) atoms. The summed E-state index contributed by atoms with van der Waals surface area (Å²) in [6, 6.07) is 12.1. The minimum absolute atomic E-state index is 0. The van der Waals surface area contributed by atoms with E-state index in [1.165, 1.54) is 6.26 Å². The number of alkyl halides is 2. The minimum atomic E-state index is -3.25. The maximum Gasteiger partial charge on any atom is 0.272 e. The van der Waals surface area contributed by atoms with Crippen LogP contribution < -0.4 is 15.4 Å². The Balaban J connectivity index is 0.00000450. The van der Waals surface area contributed by atoms with E-state index in [1.54, 1.807) is 44.3 Å². The second kappa shape index (κ2) is 12.0. The zero-order valence-electron chi connectivity index (χ0n) is 17.0. The topological polar surface area (TPSA) is 79.8 Å². The third-order valence-electron chi connectivity index (χ3n) is 4.06. The molecule has 0 radical (unpaired) electrons. The van der Waals surface area contributed by atoms with Gasteiger partial charge in [0.05, 0.1) is 4.90 Å². The van der Waals surface area contributed by atoms with Crippen LogP contribution in [0.15, 0.2) is 52.4 Å². The van der Waals surface area contributed by atoms with Crippen LogP contribution in [0.25, 0.3) is 0 Å². The molecule has 0 aliphatic carbocycles. The highest BCUT2D eigenvalue weighted by Gasteiger charge is 2.11. The zero-order valence-corrected chi connectivity index (χ0v) is 20.1. The number of ether oxygens (including phenoxy) is 1. The van der Waals surface area contributed by atoms with Gasteiger partial charge in [0.15, 0.2) is 15.8 Å². The standard InChI is InChI=1S/C20H25F2N3O3S.HI/c1-14-9-16(7-8-18(14)29(3,26)27)12-25-20(23-2)24-11-15-5-4-6-17(10-15)28-13-19(21)22;/h4-10,19H,11-13H2,1-3H3,(H2,23,24,25);1H. The van der Waals surface area contributed by atoms with Crippen molar-refractivity contribution in [3.63, 3.8) is 0 Å². The highest BCUT2D eigenvalue weighted by atomic mass is 127. The Bertz CT molecular complexity index is 970.